The average molecular weight is 176 g/mol. The Bertz CT molecular complexity index is 279. The van der Waals surface area contributed by atoms with Gasteiger partial charge in [0.05, 0.1) is 0 Å². The van der Waals surface area contributed by atoms with E-state index < -0.39 is 0 Å². The smallest absolute Gasteiger partial charge is 0.143 e. The van der Waals surface area contributed by atoms with Crippen LogP contribution >= 0.6 is 0 Å². The lowest BCUT2D eigenvalue weighted by molar-refractivity contribution is -0.130. The van der Waals surface area contributed by atoms with Crippen LogP contribution in [0.4, 0.5) is 0 Å². The van der Waals surface area contributed by atoms with E-state index in [1.807, 2.05) is 0 Å². The molecule has 0 aromatic carbocycles. The molecule has 1 nitrogen and oxygen atoms in total. The Balaban J connectivity index is 2.03. The van der Waals surface area contributed by atoms with Crippen molar-refractivity contribution in [1.82, 2.24) is 0 Å². The molecule has 0 spiro atoms. The van der Waals surface area contributed by atoms with Gasteiger partial charge >= 0.3 is 0 Å². The minimum atomic E-state index is 0.260. The van der Waals surface area contributed by atoms with Gasteiger partial charge in [0, 0.05) is 11.8 Å². The van der Waals surface area contributed by atoms with Gasteiger partial charge in [-0.05, 0) is 43.9 Å². The van der Waals surface area contributed by atoms with E-state index in [1.165, 1.54) is 24.8 Å². The highest BCUT2D eigenvalue weighted by Gasteiger charge is 2.45. The van der Waals surface area contributed by atoms with Crippen LogP contribution in [-0.4, -0.2) is 5.78 Å². The molecular weight excluding hydrogens is 160 g/mol. The van der Waals surface area contributed by atoms with E-state index in [0.29, 0.717) is 11.7 Å². The fraction of sp³-hybridized carbons (Fsp3) is 0.750. The normalized spacial score (nSPS) is 48.3. The highest BCUT2D eigenvalue weighted by molar-refractivity contribution is 5.87. The van der Waals surface area contributed by atoms with Crippen molar-refractivity contribution >= 4 is 5.78 Å². The van der Waals surface area contributed by atoms with E-state index in [2.05, 4.69) is 6.58 Å². The highest BCUT2D eigenvalue weighted by atomic mass is 16.1. The number of allylic oxidation sites excluding steroid dienone is 1. The van der Waals surface area contributed by atoms with Crippen molar-refractivity contribution < 1.29 is 4.79 Å². The standard InChI is InChI=1S/C12H16O/c1-7-2-8-3-9-5-10(4-8)12(13)11(7)6-9/h8-11H,1-6H2/t8-,9+,10-,11-/m0/s1. The molecule has 4 saturated carbocycles. The predicted octanol–water partition coefficient (Wildman–Crippen LogP) is 2.57. The molecule has 0 aliphatic heterocycles. The lowest BCUT2D eigenvalue weighted by Crippen LogP contribution is -2.35. The Kier molecular flexibility index (Phi) is 1.47. The first-order chi connectivity index (χ1) is 6.24. The lowest BCUT2D eigenvalue weighted by Gasteiger charge is -2.37. The second-order valence-corrected chi connectivity index (χ2v) is 5.19. The Labute approximate surface area is 79.2 Å². The molecule has 70 valence electrons. The number of rotatable bonds is 0. The van der Waals surface area contributed by atoms with Crippen LogP contribution < -0.4 is 0 Å². The molecule has 4 atom stereocenters. The van der Waals surface area contributed by atoms with Crippen molar-refractivity contribution in [1.29, 1.82) is 0 Å². The van der Waals surface area contributed by atoms with E-state index in [9.17, 15) is 4.79 Å². The van der Waals surface area contributed by atoms with Crippen LogP contribution in [0.15, 0.2) is 12.2 Å². The first-order valence-corrected chi connectivity index (χ1v) is 5.45. The third kappa shape index (κ3) is 1.02. The molecule has 13 heavy (non-hydrogen) atoms. The highest BCUT2D eigenvalue weighted by Crippen LogP contribution is 2.50. The second kappa shape index (κ2) is 2.46. The molecule has 4 bridgehead atoms. The molecule has 4 fully saturated rings. The maximum atomic E-state index is 11.9. The summed E-state index contributed by atoms with van der Waals surface area (Å²) in [7, 11) is 0. The second-order valence-electron chi connectivity index (χ2n) is 5.19. The number of fused-ring (bicyclic) bond motifs is 1. The number of carbonyl (C=O) groups excluding carboxylic acids is 1. The number of carbonyl (C=O) groups is 1. The van der Waals surface area contributed by atoms with Crippen LogP contribution in [0, 0.1) is 23.7 Å². The molecule has 0 aromatic heterocycles. The number of hydrogen-bond acceptors (Lipinski definition) is 1. The average Bonchev–Trinajstić information content (AvgIpc) is 2.24. The summed E-state index contributed by atoms with van der Waals surface area (Å²) in [6.45, 7) is 4.10. The quantitative estimate of drug-likeness (QED) is 0.518. The molecule has 4 aliphatic rings. The maximum absolute atomic E-state index is 11.9. The summed E-state index contributed by atoms with van der Waals surface area (Å²) >= 11 is 0. The lowest BCUT2D eigenvalue weighted by atomic mass is 9.67. The number of ketones is 1. The van der Waals surface area contributed by atoms with Crippen molar-refractivity contribution in [2.45, 2.75) is 32.1 Å². The van der Waals surface area contributed by atoms with Crippen molar-refractivity contribution in [3.8, 4) is 0 Å². The number of hydrogen-bond donors (Lipinski definition) is 0. The van der Waals surface area contributed by atoms with Gasteiger partial charge in [-0.15, -0.1) is 0 Å². The monoisotopic (exact) mass is 176 g/mol. The largest absolute Gasteiger partial charge is 0.299 e. The van der Waals surface area contributed by atoms with Crippen LogP contribution in [0.5, 0.6) is 0 Å². The third-order valence-electron chi connectivity index (χ3n) is 4.26. The molecule has 4 aliphatic carbocycles. The third-order valence-corrected chi connectivity index (χ3v) is 4.26. The summed E-state index contributed by atoms with van der Waals surface area (Å²) in [6, 6.07) is 0. The van der Waals surface area contributed by atoms with E-state index >= 15 is 0 Å². The van der Waals surface area contributed by atoms with Crippen molar-refractivity contribution in [3.63, 3.8) is 0 Å². The first-order valence-electron chi connectivity index (χ1n) is 5.45. The molecule has 0 unspecified atom stereocenters. The topological polar surface area (TPSA) is 17.1 Å². The molecule has 0 heterocycles. The molecular formula is C12H16O. The van der Waals surface area contributed by atoms with Crippen molar-refractivity contribution in [3.05, 3.63) is 12.2 Å². The van der Waals surface area contributed by atoms with E-state index in [0.717, 1.165) is 24.7 Å². The Hall–Kier alpha value is -0.590. The van der Waals surface area contributed by atoms with Gasteiger partial charge in [-0.1, -0.05) is 12.2 Å². The van der Waals surface area contributed by atoms with E-state index in [1.54, 1.807) is 0 Å². The van der Waals surface area contributed by atoms with Crippen molar-refractivity contribution in [2.75, 3.05) is 0 Å². The van der Waals surface area contributed by atoms with Gasteiger partial charge in [-0.25, -0.2) is 0 Å². The minimum absolute atomic E-state index is 0.260. The summed E-state index contributed by atoms with van der Waals surface area (Å²) in [5.74, 6) is 2.86. The summed E-state index contributed by atoms with van der Waals surface area (Å²) in [5.41, 5.74) is 1.25. The van der Waals surface area contributed by atoms with Crippen LogP contribution in [0.25, 0.3) is 0 Å². The minimum Gasteiger partial charge on any atom is -0.299 e. The van der Waals surface area contributed by atoms with Crippen LogP contribution in [0.1, 0.15) is 32.1 Å². The molecule has 0 amide bonds. The SMILES string of the molecule is C=C1C[C@H]2C[C@@H]3C[C@H](C2)C(=O)[C@H]1C3. The van der Waals surface area contributed by atoms with E-state index in [4.69, 9.17) is 0 Å². The fourth-order valence-electron chi connectivity index (χ4n) is 3.77. The van der Waals surface area contributed by atoms with Crippen LogP contribution in [0.3, 0.4) is 0 Å². The van der Waals surface area contributed by atoms with Gasteiger partial charge in [0.25, 0.3) is 0 Å². The molecule has 0 N–H and O–H groups in total. The molecule has 0 saturated heterocycles. The van der Waals surface area contributed by atoms with Gasteiger partial charge < -0.3 is 0 Å². The van der Waals surface area contributed by atoms with E-state index in [-0.39, 0.29) is 5.92 Å². The van der Waals surface area contributed by atoms with Gasteiger partial charge in [-0.2, -0.15) is 0 Å². The molecule has 4 rings (SSSR count). The molecule has 0 radical (unpaired) electrons. The molecule has 1 heteroatoms. The summed E-state index contributed by atoms with van der Waals surface area (Å²) in [5, 5.41) is 0. The van der Waals surface area contributed by atoms with Crippen LogP contribution in [0.2, 0.25) is 0 Å². The van der Waals surface area contributed by atoms with Crippen molar-refractivity contribution in [2.24, 2.45) is 23.7 Å². The summed E-state index contributed by atoms with van der Waals surface area (Å²) < 4.78 is 0. The Morgan fingerprint density at radius 2 is 1.85 bits per heavy atom. The van der Waals surface area contributed by atoms with Gasteiger partial charge in [0.2, 0.25) is 0 Å². The van der Waals surface area contributed by atoms with Gasteiger partial charge in [0.15, 0.2) is 0 Å². The predicted molar refractivity (Wildman–Crippen MR) is 51.2 cm³/mol. The Morgan fingerprint density at radius 3 is 2.69 bits per heavy atom. The summed E-state index contributed by atoms with van der Waals surface area (Å²) in [4.78, 5) is 11.9. The Morgan fingerprint density at radius 1 is 1.08 bits per heavy atom. The fourth-order valence-corrected chi connectivity index (χ4v) is 3.77. The zero-order valence-electron chi connectivity index (χ0n) is 7.96. The zero-order valence-corrected chi connectivity index (χ0v) is 7.96. The number of Topliss-reactive ketones (excluding diaryl/α,β-unsaturated/α-hetero) is 1. The first kappa shape index (κ1) is 7.78. The molecule has 0 aromatic rings. The summed E-state index contributed by atoms with van der Waals surface area (Å²) in [6.07, 6.45) is 6.01. The van der Waals surface area contributed by atoms with Gasteiger partial charge in [0.1, 0.15) is 5.78 Å². The maximum Gasteiger partial charge on any atom is 0.143 e. The van der Waals surface area contributed by atoms with Gasteiger partial charge in [-0.3, -0.25) is 4.79 Å². The van der Waals surface area contributed by atoms with Crippen LogP contribution in [-0.2, 0) is 4.79 Å². The zero-order chi connectivity index (χ0) is 9.00.